The first-order chi connectivity index (χ1) is 8.49. The molecule has 0 radical (unpaired) electrons. The van der Waals surface area contributed by atoms with Gasteiger partial charge in [0.05, 0.1) is 0 Å². The van der Waals surface area contributed by atoms with E-state index in [1.165, 1.54) is 4.90 Å². The van der Waals surface area contributed by atoms with Crippen LogP contribution in [0.4, 0.5) is 0 Å². The minimum Gasteiger partial charge on any atom is -0.354 e. The SMILES string of the molecule is CC(C)NC(=O)CCSc1ccc(C(C)N)cc1. The van der Waals surface area contributed by atoms with Crippen LogP contribution in [0.5, 0.6) is 0 Å². The molecule has 0 aromatic heterocycles. The van der Waals surface area contributed by atoms with Crippen LogP contribution < -0.4 is 11.1 Å². The van der Waals surface area contributed by atoms with Crippen molar-refractivity contribution in [3.8, 4) is 0 Å². The van der Waals surface area contributed by atoms with Gasteiger partial charge < -0.3 is 11.1 Å². The first-order valence-electron chi connectivity index (χ1n) is 6.26. The van der Waals surface area contributed by atoms with Gasteiger partial charge in [0.1, 0.15) is 0 Å². The van der Waals surface area contributed by atoms with Crippen LogP contribution in [0.15, 0.2) is 29.2 Å². The Bertz CT molecular complexity index is 374. The first kappa shape index (κ1) is 15.1. The maximum atomic E-state index is 11.4. The van der Waals surface area contributed by atoms with E-state index in [2.05, 4.69) is 17.4 Å². The molecule has 4 heteroatoms. The van der Waals surface area contributed by atoms with Gasteiger partial charge in [-0.3, -0.25) is 4.79 Å². The predicted molar refractivity (Wildman–Crippen MR) is 77.7 cm³/mol. The van der Waals surface area contributed by atoms with Crippen LogP contribution in [0.2, 0.25) is 0 Å². The molecule has 1 aromatic rings. The van der Waals surface area contributed by atoms with Crippen molar-refractivity contribution in [1.29, 1.82) is 0 Å². The molecule has 1 amide bonds. The number of hydrogen-bond donors (Lipinski definition) is 2. The number of benzene rings is 1. The van der Waals surface area contributed by atoms with Gasteiger partial charge in [-0.25, -0.2) is 0 Å². The van der Waals surface area contributed by atoms with Crippen LogP contribution in [0.3, 0.4) is 0 Å². The molecular formula is C14H22N2OS. The third-order valence-corrected chi connectivity index (χ3v) is 3.47. The third kappa shape index (κ3) is 5.56. The molecule has 18 heavy (non-hydrogen) atoms. The first-order valence-corrected chi connectivity index (χ1v) is 7.25. The lowest BCUT2D eigenvalue weighted by atomic mass is 10.1. The molecule has 0 aliphatic rings. The van der Waals surface area contributed by atoms with E-state index >= 15 is 0 Å². The van der Waals surface area contributed by atoms with Crippen molar-refractivity contribution in [1.82, 2.24) is 5.32 Å². The largest absolute Gasteiger partial charge is 0.354 e. The van der Waals surface area contributed by atoms with E-state index in [1.807, 2.05) is 32.9 Å². The number of amides is 1. The minimum absolute atomic E-state index is 0.0702. The van der Waals surface area contributed by atoms with Gasteiger partial charge in [-0.05, 0) is 38.5 Å². The second-order valence-corrected chi connectivity index (χ2v) is 5.85. The highest BCUT2D eigenvalue weighted by molar-refractivity contribution is 7.99. The van der Waals surface area contributed by atoms with E-state index in [1.54, 1.807) is 11.8 Å². The Labute approximate surface area is 114 Å². The number of carbonyl (C=O) groups excluding carboxylic acids is 1. The van der Waals surface area contributed by atoms with Gasteiger partial charge in [-0.2, -0.15) is 0 Å². The fourth-order valence-corrected chi connectivity index (χ4v) is 2.38. The molecule has 0 aliphatic carbocycles. The molecule has 0 spiro atoms. The summed E-state index contributed by atoms with van der Waals surface area (Å²) >= 11 is 1.69. The number of thioether (sulfide) groups is 1. The van der Waals surface area contributed by atoms with Gasteiger partial charge in [-0.15, -0.1) is 11.8 Å². The summed E-state index contributed by atoms with van der Waals surface area (Å²) < 4.78 is 0. The maximum Gasteiger partial charge on any atom is 0.221 e. The van der Waals surface area contributed by atoms with E-state index in [0.717, 1.165) is 11.3 Å². The molecule has 1 aromatic carbocycles. The molecule has 1 unspecified atom stereocenters. The summed E-state index contributed by atoms with van der Waals surface area (Å²) in [4.78, 5) is 12.6. The Morgan fingerprint density at radius 3 is 2.39 bits per heavy atom. The molecule has 0 aliphatic heterocycles. The van der Waals surface area contributed by atoms with Gasteiger partial charge in [0.15, 0.2) is 0 Å². The van der Waals surface area contributed by atoms with Gasteiger partial charge in [0, 0.05) is 29.2 Å². The molecule has 0 saturated carbocycles. The van der Waals surface area contributed by atoms with E-state index in [-0.39, 0.29) is 18.0 Å². The van der Waals surface area contributed by atoms with Crippen molar-refractivity contribution in [2.75, 3.05) is 5.75 Å². The Morgan fingerprint density at radius 1 is 1.28 bits per heavy atom. The van der Waals surface area contributed by atoms with Crippen molar-refractivity contribution in [3.63, 3.8) is 0 Å². The van der Waals surface area contributed by atoms with E-state index in [0.29, 0.717) is 6.42 Å². The molecule has 3 N–H and O–H groups in total. The molecular weight excluding hydrogens is 244 g/mol. The van der Waals surface area contributed by atoms with Crippen molar-refractivity contribution in [3.05, 3.63) is 29.8 Å². The number of rotatable bonds is 6. The van der Waals surface area contributed by atoms with Gasteiger partial charge in [0.2, 0.25) is 5.91 Å². The summed E-state index contributed by atoms with van der Waals surface area (Å²) in [7, 11) is 0. The van der Waals surface area contributed by atoms with Crippen molar-refractivity contribution in [2.24, 2.45) is 5.73 Å². The second kappa shape index (κ2) is 7.44. The van der Waals surface area contributed by atoms with E-state index in [4.69, 9.17) is 5.73 Å². The monoisotopic (exact) mass is 266 g/mol. The fraction of sp³-hybridized carbons (Fsp3) is 0.500. The standard InChI is InChI=1S/C14H22N2OS/c1-10(2)16-14(17)8-9-18-13-6-4-12(5-7-13)11(3)15/h4-7,10-11H,8-9,15H2,1-3H3,(H,16,17). The lowest BCUT2D eigenvalue weighted by Gasteiger charge is -2.08. The topological polar surface area (TPSA) is 55.1 Å². The fourth-order valence-electron chi connectivity index (χ4n) is 1.52. The highest BCUT2D eigenvalue weighted by Crippen LogP contribution is 2.20. The smallest absolute Gasteiger partial charge is 0.221 e. The summed E-state index contributed by atoms with van der Waals surface area (Å²) in [6.07, 6.45) is 0.553. The summed E-state index contributed by atoms with van der Waals surface area (Å²) in [6.45, 7) is 5.91. The third-order valence-electron chi connectivity index (χ3n) is 2.45. The average Bonchev–Trinajstić information content (AvgIpc) is 2.28. The minimum atomic E-state index is 0.0702. The van der Waals surface area contributed by atoms with Crippen LogP contribution in [-0.2, 0) is 4.79 Å². The van der Waals surface area contributed by atoms with E-state index < -0.39 is 0 Å². The lowest BCUT2D eigenvalue weighted by Crippen LogP contribution is -2.30. The molecule has 1 atom stereocenters. The second-order valence-electron chi connectivity index (χ2n) is 4.68. The van der Waals surface area contributed by atoms with Crippen molar-refractivity contribution >= 4 is 17.7 Å². The Hall–Kier alpha value is -1.00. The predicted octanol–water partition coefficient (Wildman–Crippen LogP) is 2.71. The zero-order valence-corrected chi connectivity index (χ0v) is 12.1. The summed E-state index contributed by atoms with van der Waals surface area (Å²) in [6, 6.07) is 8.49. The normalized spacial score (nSPS) is 12.5. The highest BCUT2D eigenvalue weighted by atomic mass is 32.2. The Balaban J connectivity index is 2.33. The lowest BCUT2D eigenvalue weighted by molar-refractivity contribution is -0.121. The van der Waals surface area contributed by atoms with Crippen LogP contribution in [0, 0.1) is 0 Å². The quantitative estimate of drug-likeness (QED) is 0.778. The van der Waals surface area contributed by atoms with Crippen molar-refractivity contribution < 1.29 is 4.79 Å². The van der Waals surface area contributed by atoms with Crippen LogP contribution in [-0.4, -0.2) is 17.7 Å². The van der Waals surface area contributed by atoms with Gasteiger partial charge >= 0.3 is 0 Å². The average molecular weight is 266 g/mol. The van der Waals surface area contributed by atoms with Crippen LogP contribution >= 0.6 is 11.8 Å². The highest BCUT2D eigenvalue weighted by Gasteiger charge is 2.04. The summed E-state index contributed by atoms with van der Waals surface area (Å²) in [5, 5.41) is 2.88. The molecule has 1 rings (SSSR count). The van der Waals surface area contributed by atoms with E-state index in [9.17, 15) is 4.79 Å². The van der Waals surface area contributed by atoms with Crippen LogP contribution in [0.1, 0.15) is 38.8 Å². The Morgan fingerprint density at radius 2 is 1.89 bits per heavy atom. The number of nitrogens with one attached hydrogen (secondary N) is 1. The summed E-state index contributed by atoms with van der Waals surface area (Å²) in [5.74, 6) is 0.917. The molecule has 3 nitrogen and oxygen atoms in total. The van der Waals surface area contributed by atoms with Gasteiger partial charge in [-0.1, -0.05) is 12.1 Å². The maximum absolute atomic E-state index is 11.4. The number of hydrogen-bond acceptors (Lipinski definition) is 3. The molecule has 0 bridgehead atoms. The number of nitrogens with two attached hydrogens (primary N) is 1. The summed E-state index contributed by atoms with van der Waals surface area (Å²) in [5.41, 5.74) is 6.93. The molecule has 0 heterocycles. The molecule has 0 saturated heterocycles. The molecule has 100 valence electrons. The zero-order chi connectivity index (χ0) is 13.5. The van der Waals surface area contributed by atoms with Crippen molar-refractivity contribution in [2.45, 2.75) is 44.2 Å². The zero-order valence-electron chi connectivity index (χ0n) is 11.3. The Kier molecular flexibility index (Phi) is 6.22. The van der Waals surface area contributed by atoms with Gasteiger partial charge in [0.25, 0.3) is 0 Å². The van der Waals surface area contributed by atoms with Crippen LogP contribution in [0.25, 0.3) is 0 Å². The molecule has 0 fully saturated rings. The number of carbonyl (C=O) groups is 1.